The maximum atomic E-state index is 9.59. The van der Waals surface area contributed by atoms with Gasteiger partial charge in [0.2, 0.25) is 0 Å². The highest BCUT2D eigenvalue weighted by Gasteiger charge is 2.37. The number of fused-ring (bicyclic) bond motifs is 2. The highest BCUT2D eigenvalue weighted by molar-refractivity contribution is 5.95. The average Bonchev–Trinajstić information content (AvgIpc) is 3.34. The van der Waals surface area contributed by atoms with Crippen LogP contribution in [0.2, 0.25) is 0 Å². The summed E-state index contributed by atoms with van der Waals surface area (Å²) in [6, 6.07) is 15.0. The lowest BCUT2D eigenvalue weighted by molar-refractivity contribution is 0.0984. The molecule has 3 fully saturated rings. The summed E-state index contributed by atoms with van der Waals surface area (Å²) in [5.74, 6) is 1.03. The van der Waals surface area contributed by atoms with Gasteiger partial charge in [-0.2, -0.15) is 5.26 Å². The van der Waals surface area contributed by atoms with Crippen LogP contribution in [0.3, 0.4) is 0 Å². The van der Waals surface area contributed by atoms with Crippen LogP contribution in [-0.4, -0.2) is 103 Å². The largest absolute Gasteiger partial charge is 0.378 e. The standard InChI is InChI=1S/C30H38N8O/c1-21-16-37(27-7-6-23(14-31)30-25(27)4-3-10-33-30)18-24-17-36(12-13-38(21)24)29-8-5-22(15-34-29)9-11-35-19-26(32)28(20-35)39-2/h3-8,10,15,21,24,26,28H,9,11-13,16-20,32H2,1-2H3/t21-,24+,26+,28+/m1/s1/i10D. The predicted octanol–water partition coefficient (Wildman–Crippen LogP) is 2.10. The van der Waals surface area contributed by atoms with Crippen LogP contribution in [0.1, 0.15) is 19.4 Å². The Morgan fingerprint density at radius 3 is 2.72 bits per heavy atom. The first kappa shape index (κ1) is 24.7. The number of methoxy groups -OCH3 is 1. The van der Waals surface area contributed by atoms with E-state index in [0.717, 1.165) is 75.7 Å². The number of piperazine rings is 2. The van der Waals surface area contributed by atoms with Crippen molar-refractivity contribution in [2.75, 3.05) is 69.3 Å². The lowest BCUT2D eigenvalue weighted by Gasteiger charge is -2.51. The molecule has 204 valence electrons. The highest BCUT2D eigenvalue weighted by atomic mass is 16.5. The van der Waals surface area contributed by atoms with Crippen LogP contribution >= 0.6 is 0 Å². The molecule has 1 aromatic carbocycles. The van der Waals surface area contributed by atoms with E-state index in [-0.39, 0.29) is 18.3 Å². The summed E-state index contributed by atoms with van der Waals surface area (Å²) < 4.78 is 13.4. The SMILES string of the molecule is [2H]c1ccc2c(N3C[C@@H]4CN(c5ccc(CCN6C[C@H](OC)[C@@H](N)C6)cn5)CCN4[C@H](C)C3)ccc(C#N)c2n1. The van der Waals surface area contributed by atoms with Crippen LogP contribution in [-0.2, 0) is 11.2 Å². The number of aromatic nitrogens is 2. The number of hydrogen-bond acceptors (Lipinski definition) is 9. The van der Waals surface area contributed by atoms with E-state index >= 15 is 0 Å². The molecule has 3 aliphatic heterocycles. The summed E-state index contributed by atoms with van der Waals surface area (Å²) in [4.78, 5) is 19.1. The first-order valence-corrected chi connectivity index (χ1v) is 13.9. The molecule has 0 amide bonds. The molecule has 0 radical (unpaired) electrons. The number of nitrogens with zero attached hydrogens (tertiary/aromatic N) is 7. The fourth-order valence-corrected chi connectivity index (χ4v) is 6.59. The van der Waals surface area contributed by atoms with Crippen LogP contribution in [0.15, 0.2) is 48.8 Å². The number of hydrogen-bond donors (Lipinski definition) is 1. The van der Waals surface area contributed by atoms with E-state index in [1.54, 1.807) is 13.2 Å². The van der Waals surface area contributed by atoms with Crippen molar-refractivity contribution in [3.8, 4) is 6.07 Å². The van der Waals surface area contributed by atoms with Gasteiger partial charge in [0.1, 0.15) is 11.9 Å². The molecule has 0 bridgehead atoms. The molecule has 0 spiro atoms. The van der Waals surface area contributed by atoms with Crippen LogP contribution in [0, 0.1) is 11.3 Å². The van der Waals surface area contributed by atoms with Gasteiger partial charge in [0.05, 0.1) is 18.6 Å². The molecule has 0 aliphatic carbocycles. The van der Waals surface area contributed by atoms with Crippen molar-refractivity contribution in [3.63, 3.8) is 0 Å². The molecule has 2 N–H and O–H groups in total. The van der Waals surface area contributed by atoms with Gasteiger partial charge in [0.15, 0.2) is 0 Å². The second kappa shape index (κ2) is 11.1. The Labute approximate surface area is 232 Å². The van der Waals surface area contributed by atoms with Gasteiger partial charge in [-0.3, -0.25) is 14.8 Å². The van der Waals surface area contributed by atoms with Gasteiger partial charge in [-0.15, -0.1) is 0 Å². The van der Waals surface area contributed by atoms with Gasteiger partial charge >= 0.3 is 0 Å². The molecule has 3 aliphatic rings. The van der Waals surface area contributed by atoms with E-state index in [1.165, 1.54) is 5.56 Å². The number of ether oxygens (including phenoxy) is 1. The summed E-state index contributed by atoms with van der Waals surface area (Å²) in [5, 5.41) is 10.5. The van der Waals surface area contributed by atoms with Gasteiger partial charge in [-0.25, -0.2) is 4.98 Å². The third-order valence-corrected chi connectivity index (χ3v) is 8.70. The molecule has 0 unspecified atom stereocenters. The van der Waals surface area contributed by atoms with Crippen molar-refractivity contribution >= 4 is 22.4 Å². The molecule has 4 atom stereocenters. The number of pyridine rings is 2. The van der Waals surface area contributed by atoms with Crippen LogP contribution in [0.25, 0.3) is 10.9 Å². The summed E-state index contributed by atoms with van der Waals surface area (Å²) in [7, 11) is 1.74. The molecule has 6 rings (SSSR count). The smallest absolute Gasteiger partial charge is 0.128 e. The topological polar surface area (TPSA) is 97.8 Å². The molecule has 39 heavy (non-hydrogen) atoms. The zero-order chi connectivity index (χ0) is 27.8. The summed E-state index contributed by atoms with van der Waals surface area (Å²) in [6.07, 6.45) is 3.29. The molecule has 9 nitrogen and oxygen atoms in total. The van der Waals surface area contributed by atoms with Gasteiger partial charge in [0, 0.05) is 101 Å². The quantitative estimate of drug-likeness (QED) is 0.517. The molecular weight excluding hydrogens is 488 g/mol. The van der Waals surface area contributed by atoms with Crippen molar-refractivity contribution in [3.05, 3.63) is 59.9 Å². The van der Waals surface area contributed by atoms with E-state index in [0.29, 0.717) is 23.2 Å². The summed E-state index contributed by atoms with van der Waals surface area (Å²) in [5.41, 5.74) is 9.64. The third-order valence-electron chi connectivity index (χ3n) is 8.70. The monoisotopic (exact) mass is 527 g/mol. The van der Waals surface area contributed by atoms with E-state index < -0.39 is 0 Å². The van der Waals surface area contributed by atoms with Crippen molar-refractivity contribution < 1.29 is 6.11 Å². The number of rotatable bonds is 6. The third kappa shape index (κ3) is 5.18. The second-order valence-corrected chi connectivity index (χ2v) is 11.1. The summed E-state index contributed by atoms with van der Waals surface area (Å²) >= 11 is 0. The van der Waals surface area contributed by atoms with Crippen molar-refractivity contribution in [1.82, 2.24) is 19.8 Å². The lowest BCUT2D eigenvalue weighted by Crippen LogP contribution is -2.65. The van der Waals surface area contributed by atoms with Crippen molar-refractivity contribution in [1.29, 1.82) is 5.26 Å². The van der Waals surface area contributed by atoms with E-state index in [4.69, 9.17) is 16.8 Å². The predicted molar refractivity (Wildman–Crippen MR) is 154 cm³/mol. The maximum absolute atomic E-state index is 9.59. The number of nitrogens with two attached hydrogens (primary N) is 1. The van der Waals surface area contributed by atoms with Gasteiger partial charge in [-0.1, -0.05) is 6.07 Å². The minimum atomic E-state index is 0.0889. The Kier molecular flexibility index (Phi) is 7.02. The minimum absolute atomic E-state index is 0.0889. The second-order valence-electron chi connectivity index (χ2n) is 11.1. The Bertz CT molecular complexity index is 1390. The Morgan fingerprint density at radius 1 is 1.08 bits per heavy atom. The normalized spacial score (nSPS) is 26.5. The maximum Gasteiger partial charge on any atom is 0.128 e. The fourth-order valence-electron chi connectivity index (χ4n) is 6.59. The van der Waals surface area contributed by atoms with Crippen LogP contribution in [0.5, 0.6) is 0 Å². The molecule has 0 saturated carbocycles. The Hall–Kier alpha value is -3.29. The molecule has 2 aromatic heterocycles. The molecule has 9 heteroatoms. The summed E-state index contributed by atoms with van der Waals surface area (Å²) in [6.45, 7) is 9.74. The van der Waals surface area contributed by atoms with Crippen molar-refractivity contribution in [2.45, 2.75) is 37.6 Å². The Morgan fingerprint density at radius 2 is 1.95 bits per heavy atom. The number of benzene rings is 1. The highest BCUT2D eigenvalue weighted by Crippen LogP contribution is 2.32. The lowest BCUT2D eigenvalue weighted by atomic mass is 10.0. The average molecular weight is 528 g/mol. The number of likely N-dealkylation sites (tertiary alicyclic amines) is 1. The van der Waals surface area contributed by atoms with E-state index in [1.807, 2.05) is 24.4 Å². The van der Waals surface area contributed by atoms with Crippen LogP contribution in [0.4, 0.5) is 11.5 Å². The molecular formula is C30H38N8O. The minimum Gasteiger partial charge on any atom is -0.378 e. The van der Waals surface area contributed by atoms with Gasteiger partial charge in [0.25, 0.3) is 0 Å². The number of nitriles is 1. The van der Waals surface area contributed by atoms with Crippen molar-refractivity contribution in [2.24, 2.45) is 5.73 Å². The first-order valence-electron chi connectivity index (χ1n) is 14.4. The van der Waals surface area contributed by atoms with Gasteiger partial charge in [-0.05, 0) is 49.2 Å². The zero-order valence-electron chi connectivity index (χ0n) is 23.8. The fraction of sp³-hybridized carbons (Fsp3) is 0.500. The van der Waals surface area contributed by atoms with Crippen LogP contribution < -0.4 is 15.5 Å². The van der Waals surface area contributed by atoms with Gasteiger partial charge < -0.3 is 20.3 Å². The Balaban J connectivity index is 1.13. The zero-order valence-corrected chi connectivity index (χ0v) is 22.8. The molecule has 3 aromatic rings. The van der Waals surface area contributed by atoms with E-state index in [2.05, 4.69) is 49.7 Å². The molecule has 3 saturated heterocycles. The molecule has 5 heterocycles. The number of anilines is 2. The first-order chi connectivity index (χ1) is 19.4. The van der Waals surface area contributed by atoms with E-state index in [9.17, 15) is 5.26 Å².